The number of fused-ring (bicyclic) bond motifs is 1. The second-order valence-electron chi connectivity index (χ2n) is 8.52. The fourth-order valence-electron chi connectivity index (χ4n) is 4.59. The first-order chi connectivity index (χ1) is 17.0. The number of hydrogen-bond donors (Lipinski definition) is 1. The summed E-state index contributed by atoms with van der Waals surface area (Å²) < 4.78 is 18.1. The molecule has 1 N–H and O–H groups in total. The van der Waals surface area contributed by atoms with Crippen LogP contribution in [0.3, 0.4) is 0 Å². The lowest BCUT2D eigenvalue weighted by Gasteiger charge is -2.27. The van der Waals surface area contributed by atoms with Gasteiger partial charge in [-0.3, -0.25) is 9.69 Å². The largest absolute Gasteiger partial charge is 0.479 e. The van der Waals surface area contributed by atoms with Crippen molar-refractivity contribution in [1.29, 1.82) is 0 Å². The van der Waals surface area contributed by atoms with Gasteiger partial charge in [0.2, 0.25) is 5.88 Å². The van der Waals surface area contributed by atoms with Gasteiger partial charge in [0.15, 0.2) is 0 Å². The summed E-state index contributed by atoms with van der Waals surface area (Å²) in [6.07, 6.45) is 1.96. The smallest absolute Gasteiger partial charge is 0.328 e. The van der Waals surface area contributed by atoms with Crippen LogP contribution >= 0.6 is 0 Å². The number of carbonyl (C=O) groups excluding carboxylic acids is 2. The molecule has 9 heteroatoms. The molecule has 1 aliphatic rings. The molecular formula is C26H32N4O5. The number of amides is 1. The van der Waals surface area contributed by atoms with E-state index in [-0.39, 0.29) is 5.91 Å². The normalized spacial score (nSPS) is 15.1. The molecule has 1 aromatic carbocycles. The number of aromatic nitrogens is 2. The number of pyridine rings is 1. The van der Waals surface area contributed by atoms with E-state index in [0.717, 1.165) is 55.0 Å². The Labute approximate surface area is 205 Å². The molecule has 3 aromatic rings. The van der Waals surface area contributed by atoms with Crippen molar-refractivity contribution in [3.8, 4) is 5.88 Å². The van der Waals surface area contributed by atoms with Gasteiger partial charge in [-0.2, -0.15) is 0 Å². The van der Waals surface area contributed by atoms with Crippen LogP contribution in [-0.2, 0) is 27.2 Å². The lowest BCUT2D eigenvalue weighted by atomic mass is 10.0. The highest BCUT2D eigenvalue weighted by atomic mass is 16.5. The van der Waals surface area contributed by atoms with Gasteiger partial charge in [-0.05, 0) is 18.6 Å². The third kappa shape index (κ3) is 5.47. The molecule has 0 bridgehead atoms. The molecule has 1 fully saturated rings. The van der Waals surface area contributed by atoms with E-state index >= 15 is 0 Å². The van der Waals surface area contributed by atoms with Gasteiger partial charge in [0, 0.05) is 49.9 Å². The maximum atomic E-state index is 13.6. The minimum atomic E-state index is -0.815. The molecule has 1 saturated heterocycles. The predicted molar refractivity (Wildman–Crippen MR) is 132 cm³/mol. The highest BCUT2D eigenvalue weighted by Crippen LogP contribution is 2.31. The molecule has 9 nitrogen and oxygen atoms in total. The number of benzene rings is 1. The number of esters is 1. The van der Waals surface area contributed by atoms with Crippen LogP contribution in [0.5, 0.6) is 5.88 Å². The van der Waals surface area contributed by atoms with E-state index in [1.54, 1.807) is 13.3 Å². The Morgan fingerprint density at radius 2 is 1.86 bits per heavy atom. The highest BCUT2D eigenvalue weighted by Gasteiger charge is 2.28. The van der Waals surface area contributed by atoms with Gasteiger partial charge in [-0.15, -0.1) is 0 Å². The molecule has 186 valence electrons. The van der Waals surface area contributed by atoms with Gasteiger partial charge in [0.1, 0.15) is 11.6 Å². The summed E-state index contributed by atoms with van der Waals surface area (Å²) in [6, 6.07) is 10.5. The van der Waals surface area contributed by atoms with Crippen molar-refractivity contribution in [2.24, 2.45) is 0 Å². The van der Waals surface area contributed by atoms with Crippen molar-refractivity contribution in [2.45, 2.75) is 25.9 Å². The summed E-state index contributed by atoms with van der Waals surface area (Å²) in [4.78, 5) is 32.8. The fraction of sp³-hybridized carbons (Fsp3) is 0.423. The number of nitrogens with one attached hydrogen (secondary N) is 1. The van der Waals surface area contributed by atoms with Gasteiger partial charge in [0.25, 0.3) is 5.91 Å². The molecule has 0 radical (unpaired) electrons. The van der Waals surface area contributed by atoms with E-state index < -0.39 is 12.0 Å². The molecule has 0 unspecified atom stereocenters. The molecule has 0 aliphatic carbocycles. The Balaban J connectivity index is 1.65. The van der Waals surface area contributed by atoms with Gasteiger partial charge in [-0.25, -0.2) is 9.78 Å². The number of methoxy groups -OCH3 is 2. The zero-order valence-electron chi connectivity index (χ0n) is 20.5. The zero-order chi connectivity index (χ0) is 24.8. The summed E-state index contributed by atoms with van der Waals surface area (Å²) in [7, 11) is 2.90. The quantitative estimate of drug-likeness (QED) is 0.469. The van der Waals surface area contributed by atoms with E-state index in [9.17, 15) is 9.59 Å². The molecular weight excluding hydrogens is 448 g/mol. The van der Waals surface area contributed by atoms with Crippen LogP contribution in [-0.4, -0.2) is 79.4 Å². The monoisotopic (exact) mass is 480 g/mol. The van der Waals surface area contributed by atoms with E-state index in [2.05, 4.69) is 19.8 Å². The number of nitrogens with zero attached hydrogens (tertiary/aromatic N) is 3. The van der Waals surface area contributed by atoms with E-state index in [1.807, 2.05) is 43.3 Å². The predicted octanol–water partition coefficient (Wildman–Crippen LogP) is 2.20. The van der Waals surface area contributed by atoms with Gasteiger partial charge in [-0.1, -0.05) is 30.3 Å². The second-order valence-corrected chi connectivity index (χ2v) is 8.52. The number of carbonyl (C=O) groups is 2. The Morgan fingerprint density at radius 1 is 1.11 bits per heavy atom. The lowest BCUT2D eigenvalue weighted by Crippen LogP contribution is -2.43. The number of morpholine rings is 1. The summed E-state index contributed by atoms with van der Waals surface area (Å²) in [6.45, 7) is 6.59. The van der Waals surface area contributed by atoms with Crippen LogP contribution in [0.15, 0.2) is 42.6 Å². The minimum Gasteiger partial charge on any atom is -0.479 e. The summed E-state index contributed by atoms with van der Waals surface area (Å²) in [5.74, 6) is -0.368. The molecule has 35 heavy (non-hydrogen) atoms. The summed E-state index contributed by atoms with van der Waals surface area (Å²) >= 11 is 0. The highest BCUT2D eigenvalue weighted by molar-refractivity contribution is 6.10. The standard InChI is InChI=1S/C26H32N4O5/c1-18-22(24(31)28-21(26(32)34-3)17-19-7-5-4-6-8-19)20-9-10-27-25(33-2)23(20)30(18)12-11-29-13-15-35-16-14-29/h4-10,21H,11-17H2,1-3H3,(H,28,31)/t21-/m0/s1. The first kappa shape index (κ1) is 24.7. The van der Waals surface area contributed by atoms with Crippen molar-refractivity contribution in [2.75, 3.05) is 47.1 Å². The zero-order valence-corrected chi connectivity index (χ0v) is 20.5. The number of ether oxygens (including phenoxy) is 3. The maximum absolute atomic E-state index is 13.6. The molecule has 1 aliphatic heterocycles. The summed E-state index contributed by atoms with van der Waals surface area (Å²) in [5.41, 5.74) is 2.99. The Morgan fingerprint density at radius 3 is 2.54 bits per heavy atom. The Bertz CT molecular complexity index is 1170. The van der Waals surface area contributed by atoms with Gasteiger partial charge < -0.3 is 24.1 Å². The molecule has 3 heterocycles. The molecule has 0 spiro atoms. The van der Waals surface area contributed by atoms with Crippen molar-refractivity contribution >= 4 is 22.8 Å². The molecule has 2 aromatic heterocycles. The van der Waals surface area contributed by atoms with Crippen LogP contribution < -0.4 is 10.1 Å². The van der Waals surface area contributed by atoms with E-state index in [4.69, 9.17) is 14.2 Å². The average Bonchev–Trinajstić information content (AvgIpc) is 3.18. The van der Waals surface area contributed by atoms with Crippen molar-refractivity contribution in [1.82, 2.24) is 19.8 Å². The molecule has 0 saturated carbocycles. The lowest BCUT2D eigenvalue weighted by molar-refractivity contribution is -0.142. The van der Waals surface area contributed by atoms with Crippen LogP contribution in [0, 0.1) is 6.92 Å². The first-order valence-corrected chi connectivity index (χ1v) is 11.8. The van der Waals surface area contributed by atoms with Crippen LogP contribution in [0.1, 0.15) is 21.6 Å². The van der Waals surface area contributed by atoms with E-state index in [1.165, 1.54) is 7.11 Å². The maximum Gasteiger partial charge on any atom is 0.328 e. The topological polar surface area (TPSA) is 94.9 Å². The molecule has 1 amide bonds. The van der Waals surface area contributed by atoms with Crippen LogP contribution in [0.25, 0.3) is 10.9 Å². The van der Waals surface area contributed by atoms with Crippen molar-refractivity contribution < 1.29 is 23.8 Å². The first-order valence-electron chi connectivity index (χ1n) is 11.8. The number of hydrogen-bond acceptors (Lipinski definition) is 7. The molecule has 1 atom stereocenters. The fourth-order valence-corrected chi connectivity index (χ4v) is 4.59. The van der Waals surface area contributed by atoms with Crippen molar-refractivity contribution in [3.05, 3.63) is 59.4 Å². The summed E-state index contributed by atoms with van der Waals surface area (Å²) in [5, 5.41) is 3.64. The second kappa shape index (κ2) is 11.3. The Hall–Kier alpha value is -3.43. The third-order valence-corrected chi connectivity index (χ3v) is 6.43. The molecule has 4 rings (SSSR count). The Kier molecular flexibility index (Phi) is 7.99. The van der Waals surface area contributed by atoms with Gasteiger partial charge in [0.05, 0.1) is 33.0 Å². The van der Waals surface area contributed by atoms with E-state index in [0.29, 0.717) is 24.4 Å². The van der Waals surface area contributed by atoms with Gasteiger partial charge >= 0.3 is 5.97 Å². The average molecular weight is 481 g/mol. The SMILES string of the molecule is COC(=O)[C@H](Cc1ccccc1)NC(=O)c1c(C)n(CCN2CCOCC2)c2c(OC)nccc12. The van der Waals surface area contributed by atoms with Crippen molar-refractivity contribution in [3.63, 3.8) is 0 Å². The number of rotatable bonds is 9. The van der Waals surface area contributed by atoms with Crippen LogP contribution in [0.2, 0.25) is 0 Å². The third-order valence-electron chi connectivity index (χ3n) is 6.43. The minimum absolute atomic E-state index is 0.332. The van der Waals surface area contributed by atoms with Crippen LogP contribution in [0.4, 0.5) is 0 Å².